The van der Waals surface area contributed by atoms with Gasteiger partial charge in [-0.3, -0.25) is 19.3 Å². The Kier molecular flexibility index (Phi) is 8.20. The molecule has 6 atom stereocenters. The number of carbonyl (C=O) groups is 3. The lowest BCUT2D eigenvalue weighted by atomic mass is 9.72. The minimum atomic E-state index is -2.08. The minimum Gasteiger partial charge on any atom is -0.507 e. The fourth-order valence-corrected chi connectivity index (χ4v) is 6.44. The van der Waals surface area contributed by atoms with E-state index in [1.165, 1.54) is 30.2 Å². The number of nitriles is 2. The number of hydrogen-bond acceptors (Lipinski definition) is 13. The Labute approximate surface area is 252 Å². The zero-order valence-corrected chi connectivity index (χ0v) is 24.2. The van der Waals surface area contributed by atoms with Gasteiger partial charge < -0.3 is 34.6 Å². The zero-order chi connectivity index (χ0) is 32.1. The van der Waals surface area contributed by atoms with Crippen LogP contribution in [0, 0.1) is 22.7 Å². The Morgan fingerprint density at radius 3 is 2.39 bits per heavy atom. The number of Topliss-reactive ketones (excluding diaryl/α,β-unsaturated/α-hetero) is 1. The highest BCUT2D eigenvalue weighted by molar-refractivity contribution is 6.31. The lowest BCUT2D eigenvalue weighted by molar-refractivity contribution is -0.257. The molecule has 0 aromatic heterocycles. The maximum absolute atomic E-state index is 13.8. The summed E-state index contributed by atoms with van der Waals surface area (Å²) in [6.45, 7) is 2.40. The summed E-state index contributed by atoms with van der Waals surface area (Å²) in [6, 6.07) is 7.57. The number of benzene rings is 2. The topological polar surface area (TPSA) is 211 Å². The predicted octanol–water partition coefficient (Wildman–Crippen LogP) is 1.42. The molecule has 0 bridgehead atoms. The average molecular weight is 606 g/mol. The molecular weight excluding hydrogens is 574 g/mol. The van der Waals surface area contributed by atoms with Crippen LogP contribution in [-0.4, -0.2) is 93.0 Å². The molecule has 4 unspecified atom stereocenters. The van der Waals surface area contributed by atoms with Crippen molar-refractivity contribution in [1.29, 1.82) is 10.5 Å². The van der Waals surface area contributed by atoms with Crippen molar-refractivity contribution in [2.45, 2.75) is 69.4 Å². The summed E-state index contributed by atoms with van der Waals surface area (Å²) in [5.74, 6) is -3.43. The predicted molar refractivity (Wildman–Crippen MR) is 149 cm³/mol. The average Bonchev–Trinajstić information content (AvgIpc) is 2.98. The minimum absolute atomic E-state index is 0.0428. The van der Waals surface area contributed by atoms with E-state index in [0.717, 1.165) is 6.92 Å². The number of aliphatic hydroxyl groups is 2. The molecule has 2 aromatic rings. The molecule has 0 radical (unpaired) electrons. The summed E-state index contributed by atoms with van der Waals surface area (Å²) in [4.78, 5) is 41.5. The first-order valence-electron chi connectivity index (χ1n) is 14.0. The number of aromatic hydroxyl groups is 2. The Hall–Kier alpha value is -4.37. The van der Waals surface area contributed by atoms with Crippen LogP contribution in [0.2, 0.25) is 0 Å². The fourth-order valence-electron chi connectivity index (χ4n) is 6.44. The molecule has 1 saturated heterocycles. The van der Waals surface area contributed by atoms with Gasteiger partial charge in [0.25, 0.3) is 0 Å². The van der Waals surface area contributed by atoms with Crippen LogP contribution in [0.3, 0.4) is 0 Å². The Bertz CT molecular complexity index is 1630. The van der Waals surface area contributed by atoms with Crippen molar-refractivity contribution in [1.82, 2.24) is 4.90 Å². The molecular formula is C31H31N3O10. The summed E-state index contributed by atoms with van der Waals surface area (Å²) in [7, 11) is 1.32. The number of ether oxygens (including phenoxy) is 3. The SMILES string of the molecule is COc1cccc2c1C(=O)c1c(O)c3c(c(O)c1C2=O)C[C@@](O)(C(C)=O)C[C@@H]3OC1CC(N(CC#N)CC#N)C(O)C(C)O1. The quantitative estimate of drug-likeness (QED) is 0.222. The van der Waals surface area contributed by atoms with E-state index < -0.39 is 89.1 Å². The van der Waals surface area contributed by atoms with Gasteiger partial charge in [0, 0.05) is 42.0 Å². The largest absolute Gasteiger partial charge is 0.507 e. The maximum atomic E-state index is 13.8. The Morgan fingerprint density at radius 1 is 1.11 bits per heavy atom. The molecule has 13 nitrogen and oxygen atoms in total. The van der Waals surface area contributed by atoms with Crippen LogP contribution < -0.4 is 4.74 Å². The molecule has 230 valence electrons. The van der Waals surface area contributed by atoms with Gasteiger partial charge in [-0.15, -0.1) is 0 Å². The maximum Gasteiger partial charge on any atom is 0.202 e. The summed E-state index contributed by atoms with van der Waals surface area (Å²) >= 11 is 0. The van der Waals surface area contributed by atoms with Gasteiger partial charge in [0.2, 0.25) is 5.78 Å². The normalized spacial score (nSPS) is 27.5. The van der Waals surface area contributed by atoms with Gasteiger partial charge >= 0.3 is 0 Å². The van der Waals surface area contributed by atoms with Crippen molar-refractivity contribution in [3.8, 4) is 29.4 Å². The highest BCUT2D eigenvalue weighted by Crippen LogP contribution is 2.52. The first-order valence-corrected chi connectivity index (χ1v) is 14.0. The molecule has 3 aliphatic rings. The summed E-state index contributed by atoms with van der Waals surface area (Å²) < 4.78 is 17.4. The van der Waals surface area contributed by atoms with Crippen LogP contribution in [0.25, 0.3) is 0 Å². The van der Waals surface area contributed by atoms with Gasteiger partial charge in [-0.05, 0) is 19.9 Å². The van der Waals surface area contributed by atoms with E-state index in [0.29, 0.717) is 0 Å². The third kappa shape index (κ3) is 4.89. The summed E-state index contributed by atoms with van der Waals surface area (Å²) in [5.41, 5.74) is -3.39. The number of methoxy groups -OCH3 is 1. The van der Waals surface area contributed by atoms with Crippen LogP contribution in [-0.2, 0) is 20.7 Å². The summed E-state index contributed by atoms with van der Waals surface area (Å²) in [6.07, 6.45) is -5.31. The first-order chi connectivity index (χ1) is 20.9. The molecule has 13 heteroatoms. The van der Waals surface area contributed by atoms with Gasteiger partial charge in [-0.1, -0.05) is 12.1 Å². The van der Waals surface area contributed by atoms with E-state index in [9.17, 15) is 45.3 Å². The van der Waals surface area contributed by atoms with E-state index in [4.69, 9.17) is 14.2 Å². The molecule has 5 rings (SSSR count). The first kappa shape index (κ1) is 31.1. The van der Waals surface area contributed by atoms with Crippen LogP contribution in [0.15, 0.2) is 18.2 Å². The van der Waals surface area contributed by atoms with Crippen LogP contribution in [0.1, 0.15) is 75.8 Å². The monoisotopic (exact) mass is 605 g/mol. The van der Waals surface area contributed by atoms with Crippen molar-refractivity contribution in [2.75, 3.05) is 20.2 Å². The number of carbonyl (C=O) groups excluding carboxylic acids is 3. The smallest absolute Gasteiger partial charge is 0.202 e. The molecule has 44 heavy (non-hydrogen) atoms. The van der Waals surface area contributed by atoms with Gasteiger partial charge in [0.1, 0.15) is 22.8 Å². The Morgan fingerprint density at radius 2 is 1.77 bits per heavy atom. The molecule has 1 aliphatic heterocycles. The number of ketones is 3. The van der Waals surface area contributed by atoms with E-state index in [-0.39, 0.29) is 47.5 Å². The van der Waals surface area contributed by atoms with Crippen molar-refractivity contribution in [3.63, 3.8) is 0 Å². The molecule has 4 N–H and O–H groups in total. The number of aliphatic hydroxyl groups excluding tert-OH is 1. The number of nitrogens with zero attached hydrogens (tertiary/aromatic N) is 3. The highest BCUT2D eigenvalue weighted by Gasteiger charge is 2.50. The molecule has 2 aromatic carbocycles. The molecule has 0 amide bonds. The fraction of sp³-hybridized carbons (Fsp3) is 0.452. The van der Waals surface area contributed by atoms with Crippen molar-refractivity contribution in [2.24, 2.45) is 0 Å². The van der Waals surface area contributed by atoms with Crippen LogP contribution in [0.4, 0.5) is 0 Å². The van der Waals surface area contributed by atoms with Crippen LogP contribution in [0.5, 0.6) is 17.2 Å². The third-order valence-electron chi connectivity index (χ3n) is 8.74. The molecule has 2 aliphatic carbocycles. The van der Waals surface area contributed by atoms with E-state index >= 15 is 0 Å². The lowest BCUT2D eigenvalue weighted by Gasteiger charge is -2.44. The highest BCUT2D eigenvalue weighted by atomic mass is 16.7. The number of phenolic OH excluding ortho intramolecular Hbond substituents is 2. The van der Waals surface area contributed by atoms with Gasteiger partial charge in [-0.2, -0.15) is 10.5 Å². The number of fused-ring (bicyclic) bond motifs is 3. The van der Waals surface area contributed by atoms with Gasteiger partial charge in [-0.25, -0.2) is 0 Å². The van der Waals surface area contributed by atoms with Crippen molar-refractivity contribution >= 4 is 17.3 Å². The number of phenols is 2. The van der Waals surface area contributed by atoms with E-state index in [2.05, 4.69) is 0 Å². The standard InChI is InChI=1S/C31H31N3O10/c1-14-26(36)18(34(9-7-32)10-8-33)11-21(43-14)44-20-13-31(41,15(2)35)12-17-23(20)30(40)25-24(28(17)38)27(37)16-5-4-6-19(42-3)22(16)29(25)39/h4-6,14,18,20-21,26,36,38,40-41H,9-13H2,1-3H3/t14?,18?,20-,21?,26?,31-/m0/s1. The molecule has 1 heterocycles. The Balaban J connectivity index is 1.62. The second-order valence-corrected chi connectivity index (χ2v) is 11.3. The number of rotatable bonds is 7. The van der Waals surface area contributed by atoms with Gasteiger partial charge in [0.05, 0.1) is 67.3 Å². The molecule has 1 fully saturated rings. The molecule has 0 spiro atoms. The summed E-state index contributed by atoms with van der Waals surface area (Å²) in [5, 5.41) is 63.8. The third-order valence-corrected chi connectivity index (χ3v) is 8.74. The van der Waals surface area contributed by atoms with E-state index in [1.54, 1.807) is 6.92 Å². The van der Waals surface area contributed by atoms with Crippen molar-refractivity contribution in [3.05, 3.63) is 51.6 Å². The van der Waals surface area contributed by atoms with E-state index in [1.807, 2.05) is 12.1 Å². The second kappa shape index (κ2) is 11.6. The number of hydrogen-bond donors (Lipinski definition) is 4. The molecule has 0 saturated carbocycles. The zero-order valence-electron chi connectivity index (χ0n) is 24.2. The lowest BCUT2D eigenvalue weighted by Crippen LogP contribution is -2.56. The van der Waals surface area contributed by atoms with Crippen molar-refractivity contribution < 1.29 is 49.0 Å². The van der Waals surface area contributed by atoms with Gasteiger partial charge in [0.15, 0.2) is 17.9 Å². The van der Waals surface area contributed by atoms with Crippen LogP contribution >= 0.6 is 0 Å². The second-order valence-electron chi connectivity index (χ2n) is 11.3.